The number of hydrogen-bond acceptors (Lipinski definition) is 4. The summed E-state index contributed by atoms with van der Waals surface area (Å²) in [5.41, 5.74) is 13.4. The van der Waals surface area contributed by atoms with Gasteiger partial charge in [0.25, 0.3) is 0 Å². The van der Waals surface area contributed by atoms with Crippen molar-refractivity contribution in [2.75, 3.05) is 22.9 Å². The molecule has 0 aliphatic carbocycles. The van der Waals surface area contributed by atoms with Crippen LogP contribution in [0.1, 0.15) is 50.6 Å². The molecule has 3 aromatic carbocycles. The second-order valence-electron chi connectivity index (χ2n) is 12.3. The first-order chi connectivity index (χ1) is 22.0. The summed E-state index contributed by atoms with van der Waals surface area (Å²) in [6.07, 6.45) is 1.82. The Kier molecular flexibility index (Phi) is 11.3. The summed E-state index contributed by atoms with van der Waals surface area (Å²) in [4.78, 5) is 14.3. The third-order valence-corrected chi connectivity index (χ3v) is 11.1. The minimum absolute atomic E-state index is 0. The predicted octanol–water partition coefficient (Wildman–Crippen LogP) is 10.9. The van der Waals surface area contributed by atoms with Gasteiger partial charge >= 0.3 is 19.5 Å². The van der Waals surface area contributed by atoms with Crippen molar-refractivity contribution in [1.82, 2.24) is 4.98 Å². The maximum Gasteiger partial charge on any atom is 2.00 e. The molecule has 1 aromatic heterocycles. The smallest absolute Gasteiger partial charge is 0.325 e. The van der Waals surface area contributed by atoms with Gasteiger partial charge in [-0.25, -0.2) is 4.99 Å². The van der Waals surface area contributed by atoms with Crippen LogP contribution in [0.3, 0.4) is 0 Å². The van der Waals surface area contributed by atoms with Crippen LogP contribution < -0.4 is 9.80 Å². The molecule has 0 bridgehead atoms. The van der Waals surface area contributed by atoms with E-state index in [1.165, 1.54) is 44.8 Å². The van der Waals surface area contributed by atoms with Crippen molar-refractivity contribution >= 4 is 72.1 Å². The van der Waals surface area contributed by atoms with Crippen LogP contribution in [0.2, 0.25) is 0 Å². The van der Waals surface area contributed by atoms with Gasteiger partial charge in [0.15, 0.2) is 0 Å². The fourth-order valence-electron chi connectivity index (χ4n) is 7.22. The molecule has 0 amide bonds. The first-order valence-corrected chi connectivity index (χ1v) is 17.8. The van der Waals surface area contributed by atoms with Crippen molar-refractivity contribution in [1.29, 1.82) is 0 Å². The molecule has 2 atom stereocenters. The van der Waals surface area contributed by atoms with E-state index in [2.05, 4.69) is 120 Å². The van der Waals surface area contributed by atoms with Crippen LogP contribution >= 0.6 is 55.1 Å². The van der Waals surface area contributed by atoms with E-state index in [9.17, 15) is 0 Å². The number of pyridine rings is 1. The van der Waals surface area contributed by atoms with E-state index < -0.39 is 0 Å². The van der Waals surface area contributed by atoms with E-state index in [0.717, 1.165) is 45.9 Å². The van der Waals surface area contributed by atoms with Gasteiger partial charge in [-0.15, -0.1) is 0 Å². The number of benzene rings is 3. The first kappa shape index (κ1) is 36.0. The minimum Gasteiger partial charge on any atom is -0.325 e. The van der Waals surface area contributed by atoms with Crippen LogP contribution in [0.15, 0.2) is 104 Å². The Balaban J connectivity index is 0.00000433. The Morgan fingerprint density at radius 2 is 1.28 bits per heavy atom. The van der Waals surface area contributed by atoms with Gasteiger partial charge in [-0.1, -0.05) is 105 Å². The largest absolute Gasteiger partial charge is 2.00 e. The summed E-state index contributed by atoms with van der Waals surface area (Å²) in [5.74, 6) is 0.721. The maximum absolute atomic E-state index is 7.29. The van der Waals surface area contributed by atoms with Gasteiger partial charge in [0.2, 0.25) is 0 Å². The van der Waals surface area contributed by atoms with Gasteiger partial charge in [0.1, 0.15) is 11.0 Å². The van der Waals surface area contributed by atoms with E-state index in [-0.39, 0.29) is 35.4 Å². The quantitative estimate of drug-likeness (QED) is 0.114. The number of alkyl halides is 1. The molecule has 4 nitrogen and oxygen atoms in total. The molecule has 0 radical (unpaired) electrons. The van der Waals surface area contributed by atoms with Crippen LogP contribution in [0.4, 0.5) is 11.4 Å². The second kappa shape index (κ2) is 14.7. The first-order valence-electron chi connectivity index (χ1n) is 15.4. The molecule has 0 spiro atoms. The number of aryl methyl sites for hydroxylation is 6. The molecular weight excluding hydrogens is 844 g/mol. The van der Waals surface area contributed by atoms with Crippen molar-refractivity contribution in [2.24, 2.45) is 4.99 Å². The Bertz CT molecular complexity index is 1830. The van der Waals surface area contributed by atoms with Crippen molar-refractivity contribution in [3.8, 4) is 0 Å². The average Bonchev–Trinajstić information content (AvgIpc) is 3.39. The van der Waals surface area contributed by atoms with Crippen molar-refractivity contribution in [3.63, 3.8) is 0 Å². The minimum atomic E-state index is -0.364. The fraction of sp³-hybridized carbons (Fsp3) is 0.263. The predicted molar refractivity (Wildman–Crippen MR) is 202 cm³/mol. The van der Waals surface area contributed by atoms with Gasteiger partial charge in [0, 0.05) is 40.7 Å². The summed E-state index contributed by atoms with van der Waals surface area (Å²) in [6.45, 7) is 14.6. The summed E-state index contributed by atoms with van der Waals surface area (Å²) < 4.78 is 0.901. The number of anilines is 2. The molecule has 6 rings (SSSR count). The van der Waals surface area contributed by atoms with Crippen LogP contribution in [-0.2, 0) is 19.5 Å². The molecule has 1 saturated heterocycles. The Morgan fingerprint density at radius 1 is 0.766 bits per heavy atom. The summed E-state index contributed by atoms with van der Waals surface area (Å²) >= 11 is 22.3. The van der Waals surface area contributed by atoms with Crippen LogP contribution in [0.5, 0.6) is 0 Å². The molecule has 1 fully saturated rings. The zero-order valence-corrected chi connectivity index (χ0v) is 33.6. The topological polar surface area (TPSA) is 31.7 Å². The number of nitrogens with zero attached hydrogens (tertiary/aromatic N) is 4. The summed E-state index contributed by atoms with van der Waals surface area (Å²) in [5, 5.41) is 0.709. The Hall–Kier alpha value is -2.28. The standard InChI is InChI=1S/C38H36Br2Cl2N4.Ru/c1-21-17-23(3)35(24(4)18-21)45-15-16-46(36-25(5)19-22(2)20-26(36)6)38(45)30-31(40)34(44-37(42)32(30)41)29(27-11-8-7-9-12-27)33-28(39)13-10-14-43-33;/h7-14,17-20,29,31H,15-16H2,1-6H3;/q;+2. The summed E-state index contributed by atoms with van der Waals surface area (Å²) in [6, 6.07) is 23.3. The second-order valence-corrected chi connectivity index (χ2v) is 14.8. The molecule has 2 unspecified atom stereocenters. The van der Waals surface area contributed by atoms with Crippen molar-refractivity contribution < 1.29 is 19.5 Å². The molecule has 0 N–H and O–H groups in total. The number of halogens is 4. The Morgan fingerprint density at radius 3 is 1.77 bits per heavy atom. The molecule has 4 aromatic rings. The van der Waals surface area contributed by atoms with Crippen LogP contribution in [-0.4, -0.2) is 28.6 Å². The fourth-order valence-corrected chi connectivity index (χ4v) is 9.07. The van der Waals surface area contributed by atoms with E-state index in [0.29, 0.717) is 5.03 Å². The number of hydrogen-bond donors (Lipinski definition) is 0. The van der Waals surface area contributed by atoms with E-state index >= 15 is 0 Å². The Labute approximate surface area is 318 Å². The average molecular weight is 881 g/mol. The van der Waals surface area contributed by atoms with Gasteiger partial charge < -0.3 is 9.80 Å². The molecule has 47 heavy (non-hydrogen) atoms. The van der Waals surface area contributed by atoms with Crippen LogP contribution in [0.25, 0.3) is 0 Å². The molecule has 3 heterocycles. The summed E-state index contributed by atoms with van der Waals surface area (Å²) in [7, 11) is 0. The molecule has 2 aliphatic rings. The monoisotopic (exact) mass is 878 g/mol. The maximum atomic E-state index is 7.29. The third-order valence-electron chi connectivity index (χ3n) is 8.76. The third kappa shape index (κ3) is 6.81. The van der Waals surface area contributed by atoms with Gasteiger partial charge in [-0.05, 0) is 97.4 Å². The number of aliphatic imine (C=N–C) groups is 1. The number of aromatic nitrogens is 1. The molecular formula is C38H36Br2Cl2N4Ru+2. The van der Waals surface area contributed by atoms with Crippen molar-refractivity contribution in [3.05, 3.63) is 144 Å². The van der Waals surface area contributed by atoms with E-state index in [4.69, 9.17) is 33.2 Å². The van der Waals surface area contributed by atoms with Gasteiger partial charge in [0.05, 0.1) is 27.2 Å². The molecule has 242 valence electrons. The van der Waals surface area contributed by atoms with Gasteiger partial charge in [-0.3, -0.25) is 4.98 Å². The molecule has 9 heteroatoms. The zero-order valence-electron chi connectivity index (χ0n) is 27.2. The SMILES string of the molecule is Cc1cc(C)c(N2CCN(c3c(C)cc(C)cc3C)C2=C2C(Cl)=C(Cl)N=C(C(c3ccccc3)c3ncccc3Br)C2Br)c(C)c1.[Ru+2]. The van der Waals surface area contributed by atoms with Gasteiger partial charge in [-0.2, -0.15) is 0 Å². The van der Waals surface area contributed by atoms with Crippen LogP contribution in [0, 0.1) is 41.5 Å². The van der Waals surface area contributed by atoms with E-state index in [1.54, 1.807) is 0 Å². The molecule has 0 saturated carbocycles. The normalized spacial score (nSPS) is 17.2. The molecule has 2 aliphatic heterocycles. The van der Waals surface area contributed by atoms with Crippen molar-refractivity contribution in [2.45, 2.75) is 52.3 Å². The van der Waals surface area contributed by atoms with E-state index in [1.807, 2.05) is 36.5 Å². The number of rotatable bonds is 5. The number of allylic oxidation sites excluding steroid dienone is 2. The zero-order chi connectivity index (χ0) is 32.9.